The standard InChI is InChI=1S/C20H18F3N3/c21-20(22,23)19-17-14-25(13-15-7-3-1-4-8-15)12-11-18(17)26(24-19)16-9-5-2-6-10-16/h1-10H,11-14H2. The van der Waals surface area contributed by atoms with Crippen molar-refractivity contribution in [1.82, 2.24) is 14.7 Å². The van der Waals surface area contributed by atoms with Gasteiger partial charge in [0, 0.05) is 31.6 Å². The second-order valence-corrected chi connectivity index (χ2v) is 6.47. The van der Waals surface area contributed by atoms with Gasteiger partial charge in [0.1, 0.15) is 0 Å². The average molecular weight is 357 g/mol. The molecule has 2 heterocycles. The van der Waals surface area contributed by atoms with Gasteiger partial charge in [-0.2, -0.15) is 18.3 Å². The smallest absolute Gasteiger partial charge is 0.294 e. The third kappa shape index (κ3) is 3.24. The summed E-state index contributed by atoms with van der Waals surface area (Å²) in [5, 5.41) is 3.94. The minimum atomic E-state index is -4.46. The number of nitrogens with zero attached hydrogens (tertiary/aromatic N) is 3. The van der Waals surface area contributed by atoms with Crippen molar-refractivity contribution in [3.05, 3.63) is 83.2 Å². The van der Waals surface area contributed by atoms with Gasteiger partial charge in [-0.1, -0.05) is 48.5 Å². The third-order valence-electron chi connectivity index (χ3n) is 4.65. The van der Waals surface area contributed by atoms with Gasteiger partial charge in [0.05, 0.1) is 11.4 Å². The number of fused-ring (bicyclic) bond motifs is 1. The fourth-order valence-corrected chi connectivity index (χ4v) is 3.46. The number of halogens is 3. The van der Waals surface area contributed by atoms with E-state index in [4.69, 9.17) is 0 Å². The Morgan fingerprint density at radius 1 is 0.923 bits per heavy atom. The highest BCUT2D eigenvalue weighted by Crippen LogP contribution is 2.36. The summed E-state index contributed by atoms with van der Waals surface area (Å²) >= 11 is 0. The molecule has 1 aliphatic heterocycles. The number of alkyl halides is 3. The van der Waals surface area contributed by atoms with Crippen molar-refractivity contribution in [1.29, 1.82) is 0 Å². The number of para-hydroxylation sites is 1. The quantitative estimate of drug-likeness (QED) is 0.691. The lowest BCUT2D eigenvalue weighted by Crippen LogP contribution is -2.31. The Balaban J connectivity index is 1.70. The second kappa shape index (κ2) is 6.61. The molecule has 0 unspecified atom stereocenters. The first-order valence-corrected chi connectivity index (χ1v) is 8.52. The highest BCUT2D eigenvalue weighted by atomic mass is 19.4. The molecule has 1 aromatic heterocycles. The summed E-state index contributed by atoms with van der Waals surface area (Å²) in [6, 6.07) is 18.8. The van der Waals surface area contributed by atoms with Gasteiger partial charge in [-0.25, -0.2) is 4.68 Å². The summed E-state index contributed by atoms with van der Waals surface area (Å²) in [5.41, 5.74) is 1.95. The van der Waals surface area contributed by atoms with Crippen molar-refractivity contribution >= 4 is 0 Å². The van der Waals surface area contributed by atoms with Crippen molar-refractivity contribution in [3.8, 4) is 5.69 Å². The molecular formula is C20H18F3N3. The van der Waals surface area contributed by atoms with Gasteiger partial charge in [-0.05, 0) is 17.7 Å². The van der Waals surface area contributed by atoms with E-state index in [1.165, 1.54) is 4.68 Å². The van der Waals surface area contributed by atoms with Crippen LogP contribution in [0.2, 0.25) is 0 Å². The van der Waals surface area contributed by atoms with Gasteiger partial charge < -0.3 is 0 Å². The Labute approximate surface area is 149 Å². The molecule has 6 heteroatoms. The van der Waals surface area contributed by atoms with Crippen LogP contribution in [0.25, 0.3) is 5.69 Å². The lowest BCUT2D eigenvalue weighted by Gasteiger charge is -2.28. The summed E-state index contributed by atoms with van der Waals surface area (Å²) in [7, 11) is 0. The molecule has 134 valence electrons. The van der Waals surface area contributed by atoms with Crippen molar-refractivity contribution in [3.63, 3.8) is 0 Å². The van der Waals surface area contributed by atoms with Gasteiger partial charge in [0.15, 0.2) is 5.69 Å². The molecule has 0 spiro atoms. The average Bonchev–Trinajstić information content (AvgIpc) is 3.02. The van der Waals surface area contributed by atoms with Crippen molar-refractivity contribution in [2.24, 2.45) is 0 Å². The van der Waals surface area contributed by atoms with Crippen molar-refractivity contribution in [2.45, 2.75) is 25.7 Å². The minimum Gasteiger partial charge on any atom is -0.294 e. The maximum Gasteiger partial charge on any atom is 0.435 e. The molecule has 0 amide bonds. The number of hydrogen-bond donors (Lipinski definition) is 0. The Bertz CT molecular complexity index is 886. The topological polar surface area (TPSA) is 21.1 Å². The summed E-state index contributed by atoms with van der Waals surface area (Å²) in [5.74, 6) is 0. The molecule has 2 aromatic carbocycles. The van der Waals surface area contributed by atoms with E-state index in [0.717, 1.165) is 5.56 Å². The maximum atomic E-state index is 13.6. The predicted octanol–water partition coefficient (Wildman–Crippen LogP) is 4.45. The van der Waals surface area contributed by atoms with E-state index >= 15 is 0 Å². The van der Waals surface area contributed by atoms with Gasteiger partial charge in [-0.15, -0.1) is 0 Å². The predicted molar refractivity (Wildman–Crippen MR) is 92.8 cm³/mol. The van der Waals surface area contributed by atoms with Crippen molar-refractivity contribution < 1.29 is 13.2 Å². The summed E-state index contributed by atoms with van der Waals surface area (Å²) in [4.78, 5) is 2.05. The van der Waals surface area contributed by atoms with Crippen molar-refractivity contribution in [2.75, 3.05) is 6.54 Å². The van der Waals surface area contributed by atoms with Crippen LogP contribution in [0.4, 0.5) is 13.2 Å². The highest BCUT2D eigenvalue weighted by molar-refractivity contribution is 5.39. The molecule has 0 bridgehead atoms. The van der Waals surface area contributed by atoms with E-state index in [9.17, 15) is 13.2 Å². The van der Waals surface area contributed by atoms with E-state index in [-0.39, 0.29) is 6.54 Å². The zero-order valence-corrected chi connectivity index (χ0v) is 14.1. The number of aromatic nitrogens is 2. The maximum absolute atomic E-state index is 13.6. The molecule has 0 atom stereocenters. The van der Waals surface area contributed by atoms with E-state index in [1.807, 2.05) is 41.3 Å². The molecule has 4 rings (SSSR count). The second-order valence-electron chi connectivity index (χ2n) is 6.47. The van der Waals surface area contributed by atoms with Crippen LogP contribution < -0.4 is 0 Å². The van der Waals surface area contributed by atoms with Gasteiger partial charge in [0.2, 0.25) is 0 Å². The monoisotopic (exact) mass is 357 g/mol. The Kier molecular flexibility index (Phi) is 4.28. The van der Waals surface area contributed by atoms with E-state index in [0.29, 0.717) is 36.5 Å². The molecule has 1 aliphatic rings. The SMILES string of the molecule is FC(F)(F)c1nn(-c2ccccc2)c2c1CN(Cc1ccccc1)CC2. The molecule has 26 heavy (non-hydrogen) atoms. The van der Waals surface area contributed by atoms with Crippen LogP contribution in [-0.4, -0.2) is 21.2 Å². The zero-order valence-electron chi connectivity index (χ0n) is 14.1. The Morgan fingerprint density at radius 2 is 1.58 bits per heavy atom. The summed E-state index contributed by atoms with van der Waals surface area (Å²) in [6.07, 6.45) is -3.92. The van der Waals surface area contributed by atoms with Crippen LogP contribution in [0.5, 0.6) is 0 Å². The summed E-state index contributed by atoms with van der Waals surface area (Å²) < 4.78 is 42.1. The third-order valence-corrected chi connectivity index (χ3v) is 4.65. The fraction of sp³-hybridized carbons (Fsp3) is 0.250. The van der Waals surface area contributed by atoms with Crippen LogP contribution in [-0.2, 0) is 25.7 Å². The molecule has 0 saturated heterocycles. The highest BCUT2D eigenvalue weighted by Gasteiger charge is 2.40. The molecule has 0 saturated carbocycles. The number of benzene rings is 2. The number of rotatable bonds is 3. The van der Waals surface area contributed by atoms with Crippen LogP contribution >= 0.6 is 0 Å². The van der Waals surface area contributed by atoms with E-state index < -0.39 is 11.9 Å². The first-order chi connectivity index (χ1) is 12.5. The van der Waals surface area contributed by atoms with Gasteiger partial charge in [0.25, 0.3) is 0 Å². The van der Waals surface area contributed by atoms with Crippen LogP contribution in [0, 0.1) is 0 Å². The molecule has 3 nitrogen and oxygen atoms in total. The van der Waals surface area contributed by atoms with Crippen LogP contribution in [0.3, 0.4) is 0 Å². The molecule has 0 aliphatic carbocycles. The van der Waals surface area contributed by atoms with Gasteiger partial charge in [-0.3, -0.25) is 4.90 Å². The Morgan fingerprint density at radius 3 is 2.23 bits per heavy atom. The largest absolute Gasteiger partial charge is 0.435 e. The van der Waals surface area contributed by atoms with E-state index in [2.05, 4.69) is 5.10 Å². The first kappa shape index (κ1) is 16.8. The van der Waals surface area contributed by atoms with Crippen LogP contribution in [0.15, 0.2) is 60.7 Å². The Hall–Kier alpha value is -2.60. The molecular weight excluding hydrogens is 339 g/mol. The zero-order chi connectivity index (χ0) is 18.1. The van der Waals surface area contributed by atoms with Gasteiger partial charge >= 0.3 is 6.18 Å². The fourth-order valence-electron chi connectivity index (χ4n) is 3.46. The molecule has 0 fully saturated rings. The number of hydrogen-bond acceptors (Lipinski definition) is 2. The minimum absolute atomic E-state index is 0.256. The lowest BCUT2D eigenvalue weighted by atomic mass is 10.0. The van der Waals surface area contributed by atoms with E-state index in [1.54, 1.807) is 24.3 Å². The molecule has 0 radical (unpaired) electrons. The lowest BCUT2D eigenvalue weighted by molar-refractivity contribution is -0.142. The summed E-state index contributed by atoms with van der Waals surface area (Å²) in [6.45, 7) is 1.59. The molecule has 3 aromatic rings. The molecule has 0 N–H and O–H groups in total. The normalized spacial score (nSPS) is 15.0. The van der Waals surface area contributed by atoms with Crippen LogP contribution in [0.1, 0.15) is 22.5 Å². The first-order valence-electron chi connectivity index (χ1n) is 8.52.